The maximum atomic E-state index is 13.9. The summed E-state index contributed by atoms with van der Waals surface area (Å²) in [5, 5.41) is 2.27. The molecule has 0 bridgehead atoms. The van der Waals surface area contributed by atoms with Crippen LogP contribution in [0.3, 0.4) is 0 Å². The Kier molecular flexibility index (Phi) is 7.02. The normalized spacial score (nSPS) is 12.0. The van der Waals surface area contributed by atoms with Gasteiger partial charge in [-0.05, 0) is 49.4 Å². The Morgan fingerprint density at radius 1 is 0.879 bits per heavy atom. The molecule has 172 valence electrons. The van der Waals surface area contributed by atoms with Gasteiger partial charge >= 0.3 is 5.97 Å². The highest BCUT2D eigenvalue weighted by Crippen LogP contribution is 2.23. The van der Waals surface area contributed by atoms with Gasteiger partial charge in [-0.15, -0.1) is 0 Å². The highest BCUT2D eigenvalue weighted by Gasteiger charge is 2.25. The van der Waals surface area contributed by atoms with Gasteiger partial charge in [0.1, 0.15) is 22.3 Å². The van der Waals surface area contributed by atoms with E-state index in [9.17, 15) is 31.2 Å². The molecule has 0 heterocycles. The molecule has 0 aliphatic rings. The van der Waals surface area contributed by atoms with Gasteiger partial charge in [0.25, 0.3) is 15.9 Å². The molecule has 0 aromatic heterocycles. The lowest BCUT2D eigenvalue weighted by Crippen LogP contribution is -2.30. The van der Waals surface area contributed by atoms with Crippen LogP contribution < -0.4 is 10.0 Å². The zero-order valence-electron chi connectivity index (χ0n) is 17.0. The monoisotopic (exact) mass is 478 g/mol. The topological polar surface area (TPSA) is 102 Å². The number of benzene rings is 3. The van der Waals surface area contributed by atoms with Crippen molar-refractivity contribution in [1.29, 1.82) is 0 Å². The minimum atomic E-state index is -4.61. The van der Waals surface area contributed by atoms with Crippen LogP contribution in [0.4, 0.5) is 24.5 Å². The van der Waals surface area contributed by atoms with Crippen LogP contribution in [0.5, 0.6) is 0 Å². The third-order valence-electron chi connectivity index (χ3n) is 4.36. The van der Waals surface area contributed by atoms with Gasteiger partial charge in [-0.3, -0.25) is 9.52 Å². The van der Waals surface area contributed by atoms with Crippen LogP contribution in [0.15, 0.2) is 71.6 Å². The first-order valence-electron chi connectivity index (χ1n) is 9.42. The Morgan fingerprint density at radius 3 is 2.21 bits per heavy atom. The van der Waals surface area contributed by atoms with E-state index in [0.717, 1.165) is 12.1 Å². The highest BCUT2D eigenvalue weighted by atomic mass is 32.2. The molecule has 0 fully saturated rings. The van der Waals surface area contributed by atoms with E-state index >= 15 is 0 Å². The highest BCUT2D eigenvalue weighted by molar-refractivity contribution is 7.92. The van der Waals surface area contributed by atoms with Crippen molar-refractivity contribution in [3.63, 3.8) is 0 Å². The fraction of sp³-hybridized carbons (Fsp3) is 0.0909. The predicted molar refractivity (Wildman–Crippen MR) is 114 cm³/mol. The number of rotatable bonds is 7. The van der Waals surface area contributed by atoms with Crippen molar-refractivity contribution < 1.29 is 35.9 Å². The molecule has 3 aromatic rings. The van der Waals surface area contributed by atoms with Crippen molar-refractivity contribution in [3.8, 4) is 0 Å². The lowest BCUT2D eigenvalue weighted by atomic mass is 10.2. The smallest absolute Gasteiger partial charge is 0.341 e. The summed E-state index contributed by atoms with van der Waals surface area (Å²) in [5.41, 5.74) is -0.688. The number of halogens is 3. The van der Waals surface area contributed by atoms with Crippen molar-refractivity contribution >= 4 is 33.3 Å². The summed E-state index contributed by atoms with van der Waals surface area (Å²) in [6.07, 6.45) is -1.37. The van der Waals surface area contributed by atoms with Crippen LogP contribution >= 0.6 is 0 Å². The van der Waals surface area contributed by atoms with E-state index in [1.54, 1.807) is 0 Å². The molecule has 0 radical (unpaired) electrons. The van der Waals surface area contributed by atoms with E-state index in [1.807, 2.05) is 4.72 Å². The number of carbonyl (C=O) groups is 2. The van der Waals surface area contributed by atoms with Crippen molar-refractivity contribution in [1.82, 2.24) is 0 Å². The summed E-state index contributed by atoms with van der Waals surface area (Å²) in [6, 6.07) is 12.5. The zero-order chi connectivity index (χ0) is 24.2. The molecule has 1 atom stereocenters. The van der Waals surface area contributed by atoms with Gasteiger partial charge in [0.15, 0.2) is 6.10 Å². The fourth-order valence-electron chi connectivity index (χ4n) is 2.71. The molecule has 3 rings (SSSR count). The van der Waals surface area contributed by atoms with Gasteiger partial charge in [0, 0.05) is 0 Å². The quantitative estimate of drug-likeness (QED) is 0.498. The molecule has 0 aliphatic carbocycles. The predicted octanol–water partition coefficient (Wildman–Crippen LogP) is 4.09. The van der Waals surface area contributed by atoms with Crippen LogP contribution in [0.1, 0.15) is 17.3 Å². The number of sulfonamides is 1. The number of hydrogen-bond acceptors (Lipinski definition) is 5. The number of amides is 1. The minimum absolute atomic E-state index is 0.115. The second-order valence-corrected chi connectivity index (χ2v) is 8.39. The second kappa shape index (κ2) is 9.74. The lowest BCUT2D eigenvalue weighted by molar-refractivity contribution is -0.123. The summed E-state index contributed by atoms with van der Waals surface area (Å²) in [7, 11) is -4.61. The third-order valence-corrected chi connectivity index (χ3v) is 5.74. The number of carbonyl (C=O) groups excluding carboxylic acids is 2. The van der Waals surface area contributed by atoms with Crippen molar-refractivity contribution in [2.45, 2.75) is 17.9 Å². The van der Waals surface area contributed by atoms with Crippen LogP contribution in [0, 0.1) is 17.5 Å². The zero-order valence-corrected chi connectivity index (χ0v) is 17.8. The molecule has 0 spiro atoms. The first-order valence-corrected chi connectivity index (χ1v) is 10.9. The summed E-state index contributed by atoms with van der Waals surface area (Å²) in [5.74, 6) is -4.76. The Morgan fingerprint density at radius 2 is 1.52 bits per heavy atom. The molecule has 33 heavy (non-hydrogen) atoms. The molecule has 1 unspecified atom stereocenters. The summed E-state index contributed by atoms with van der Waals surface area (Å²) < 4.78 is 73.3. The Balaban J connectivity index is 1.78. The van der Waals surface area contributed by atoms with E-state index in [4.69, 9.17) is 4.74 Å². The Hall–Kier alpha value is -3.86. The molecular weight excluding hydrogens is 461 g/mol. The van der Waals surface area contributed by atoms with E-state index in [0.29, 0.717) is 12.1 Å². The van der Waals surface area contributed by atoms with Crippen LogP contribution in [0.2, 0.25) is 0 Å². The molecule has 2 N–H and O–H groups in total. The standard InChI is InChI=1S/C22H17F3N2O5S/c1-13(21(28)26-19-9-5-3-7-16(19)24)32-22(29)15-6-2-4-8-18(15)27-33(30,31)20-12-14(23)10-11-17(20)25/h2-13,27H,1H3,(H,26,28). The van der Waals surface area contributed by atoms with Crippen LogP contribution in [0.25, 0.3) is 0 Å². The summed E-state index contributed by atoms with van der Waals surface area (Å²) >= 11 is 0. The molecular formula is C22H17F3N2O5S. The van der Waals surface area contributed by atoms with E-state index in [1.165, 1.54) is 49.4 Å². The van der Waals surface area contributed by atoms with Gasteiger partial charge in [0.2, 0.25) is 0 Å². The van der Waals surface area contributed by atoms with E-state index < -0.39 is 50.4 Å². The fourth-order valence-corrected chi connectivity index (χ4v) is 3.88. The summed E-state index contributed by atoms with van der Waals surface area (Å²) in [4.78, 5) is 23.9. The van der Waals surface area contributed by atoms with Crippen LogP contribution in [-0.4, -0.2) is 26.4 Å². The second-order valence-electron chi connectivity index (χ2n) is 6.74. The van der Waals surface area contributed by atoms with Gasteiger partial charge in [0.05, 0.1) is 16.9 Å². The first kappa shape index (κ1) is 23.8. The number of para-hydroxylation sites is 2. The largest absolute Gasteiger partial charge is 0.449 e. The summed E-state index contributed by atoms with van der Waals surface area (Å²) in [6.45, 7) is 1.24. The first-order chi connectivity index (χ1) is 15.6. The maximum Gasteiger partial charge on any atom is 0.341 e. The average Bonchev–Trinajstić information content (AvgIpc) is 2.76. The van der Waals surface area contributed by atoms with E-state index in [2.05, 4.69) is 5.32 Å². The number of hydrogen-bond donors (Lipinski definition) is 2. The molecule has 0 aliphatic heterocycles. The van der Waals surface area contributed by atoms with Crippen molar-refractivity contribution in [2.24, 2.45) is 0 Å². The Labute approximate surface area is 187 Å². The van der Waals surface area contributed by atoms with Gasteiger partial charge in [-0.25, -0.2) is 26.4 Å². The Bertz CT molecular complexity index is 1310. The number of nitrogens with one attached hydrogen (secondary N) is 2. The van der Waals surface area contributed by atoms with Crippen LogP contribution in [-0.2, 0) is 19.6 Å². The lowest BCUT2D eigenvalue weighted by Gasteiger charge is -2.16. The minimum Gasteiger partial charge on any atom is -0.449 e. The molecule has 3 aromatic carbocycles. The van der Waals surface area contributed by atoms with Gasteiger partial charge in [-0.1, -0.05) is 24.3 Å². The number of esters is 1. The van der Waals surface area contributed by atoms with Gasteiger partial charge < -0.3 is 10.1 Å². The third kappa shape index (κ3) is 5.69. The van der Waals surface area contributed by atoms with Crippen molar-refractivity contribution in [2.75, 3.05) is 10.0 Å². The number of anilines is 2. The molecule has 7 nitrogen and oxygen atoms in total. The van der Waals surface area contributed by atoms with Crippen molar-refractivity contribution in [3.05, 3.63) is 89.7 Å². The molecule has 11 heteroatoms. The average molecular weight is 478 g/mol. The SMILES string of the molecule is CC(OC(=O)c1ccccc1NS(=O)(=O)c1cc(F)ccc1F)C(=O)Nc1ccccc1F. The number of ether oxygens (including phenoxy) is 1. The maximum absolute atomic E-state index is 13.9. The molecule has 0 saturated heterocycles. The van der Waals surface area contributed by atoms with Gasteiger partial charge in [-0.2, -0.15) is 0 Å². The van der Waals surface area contributed by atoms with E-state index in [-0.39, 0.29) is 16.9 Å². The molecule has 1 amide bonds. The molecule has 0 saturated carbocycles.